The molecule has 0 radical (unpaired) electrons. The van der Waals surface area contributed by atoms with Gasteiger partial charge < -0.3 is 24.8 Å². The summed E-state index contributed by atoms with van der Waals surface area (Å²) in [5.41, 5.74) is -0.727. The van der Waals surface area contributed by atoms with Gasteiger partial charge in [-0.25, -0.2) is 4.79 Å². The summed E-state index contributed by atoms with van der Waals surface area (Å²) in [4.78, 5) is 11.4. The first-order valence-electron chi connectivity index (χ1n) is 9.77. The maximum absolute atomic E-state index is 11.4. The summed E-state index contributed by atoms with van der Waals surface area (Å²) in [6.45, 7) is 4.94. The second kappa shape index (κ2) is 6.03. The van der Waals surface area contributed by atoms with Crippen LogP contribution in [0.4, 0.5) is 0 Å². The normalized spacial score (nSPS) is 48.7. The highest BCUT2D eigenvalue weighted by atomic mass is 16.6. The summed E-state index contributed by atoms with van der Waals surface area (Å²) >= 11 is 0. The largest absolute Gasteiger partial charge is 0.458 e. The fraction of sp³-hybridized carbons (Fsp3) is 0.850. The molecule has 1 spiro atoms. The van der Waals surface area contributed by atoms with Gasteiger partial charge in [-0.1, -0.05) is 20.3 Å². The maximum Gasteiger partial charge on any atom is 0.331 e. The van der Waals surface area contributed by atoms with Gasteiger partial charge in [-0.15, -0.1) is 0 Å². The average molecular weight is 366 g/mol. The topological polar surface area (TPSA) is 99.5 Å². The molecule has 1 saturated heterocycles. The number of aliphatic hydroxyl groups excluding tert-OH is 3. The molecule has 0 unspecified atom stereocenters. The Labute approximate surface area is 154 Å². The zero-order valence-electron chi connectivity index (χ0n) is 15.6. The van der Waals surface area contributed by atoms with Crippen molar-refractivity contribution < 1.29 is 29.6 Å². The lowest BCUT2D eigenvalue weighted by atomic mass is 9.43. The Balaban J connectivity index is 1.68. The van der Waals surface area contributed by atoms with Crippen molar-refractivity contribution in [3.8, 4) is 0 Å². The van der Waals surface area contributed by atoms with Crippen LogP contribution in [0.25, 0.3) is 0 Å². The number of hydrogen-bond acceptors (Lipinski definition) is 6. The zero-order chi connectivity index (χ0) is 18.7. The molecule has 4 aliphatic rings. The standard InChI is InChI=1S/C20H30O6/c1-12-6-16(23)20(10-21)15(4-3-5-19(20)11-26-19)18(12,2)8-14(22)13-7-17(24)25-9-13/h7,12,14-16,21-23H,3-6,8-11H2,1-2H3/t12-,14+,15-,16+,18+,19+,20+/m1/s1. The summed E-state index contributed by atoms with van der Waals surface area (Å²) in [6, 6.07) is 0. The number of carbonyl (C=O) groups is 1. The van der Waals surface area contributed by atoms with Crippen LogP contribution in [0.5, 0.6) is 0 Å². The Hall–Kier alpha value is -0.950. The van der Waals surface area contributed by atoms with E-state index in [4.69, 9.17) is 9.47 Å². The van der Waals surface area contributed by atoms with Crippen molar-refractivity contribution in [2.45, 2.75) is 63.8 Å². The van der Waals surface area contributed by atoms with Gasteiger partial charge in [0.1, 0.15) is 12.2 Å². The molecular weight excluding hydrogens is 336 g/mol. The Bertz CT molecular complexity index is 626. The molecule has 146 valence electrons. The van der Waals surface area contributed by atoms with Gasteiger partial charge in [0, 0.05) is 11.6 Å². The molecule has 0 aromatic heterocycles. The summed E-state index contributed by atoms with van der Waals surface area (Å²) in [6.07, 6.45) is 3.90. The highest BCUT2D eigenvalue weighted by Crippen LogP contribution is 2.68. The van der Waals surface area contributed by atoms with Crippen LogP contribution in [-0.2, 0) is 14.3 Å². The molecule has 2 heterocycles. The number of rotatable bonds is 4. The van der Waals surface area contributed by atoms with Gasteiger partial charge in [0.25, 0.3) is 0 Å². The Morgan fingerprint density at radius 3 is 2.73 bits per heavy atom. The molecule has 0 amide bonds. The molecular formula is C20H30O6. The number of ether oxygens (including phenoxy) is 2. The van der Waals surface area contributed by atoms with Crippen molar-refractivity contribution in [1.29, 1.82) is 0 Å². The molecule has 2 aliphatic carbocycles. The number of carbonyl (C=O) groups excluding carboxylic acids is 1. The molecule has 26 heavy (non-hydrogen) atoms. The number of esters is 1. The first kappa shape index (κ1) is 18.4. The minimum Gasteiger partial charge on any atom is -0.458 e. The molecule has 2 saturated carbocycles. The van der Waals surface area contributed by atoms with Crippen LogP contribution < -0.4 is 0 Å². The minimum atomic E-state index is -0.751. The molecule has 3 N–H and O–H groups in total. The number of cyclic esters (lactones) is 1. The second-order valence-electron chi connectivity index (χ2n) is 9.13. The third kappa shape index (κ3) is 2.35. The molecule has 3 fully saturated rings. The van der Waals surface area contributed by atoms with E-state index in [0.717, 1.165) is 19.3 Å². The van der Waals surface area contributed by atoms with Gasteiger partial charge in [0.15, 0.2) is 0 Å². The smallest absolute Gasteiger partial charge is 0.331 e. The number of aliphatic hydroxyl groups is 3. The predicted molar refractivity (Wildman–Crippen MR) is 93.1 cm³/mol. The SMILES string of the molecule is C[C@@H]1C[C@H](O)[C@]2(CO)[C@H](CCC[C@]23CO3)[C@@]1(C)C[C@H](O)C1=CC(=O)OC1. The van der Waals surface area contributed by atoms with Crippen LogP contribution in [0.3, 0.4) is 0 Å². The van der Waals surface area contributed by atoms with E-state index in [0.29, 0.717) is 25.0 Å². The van der Waals surface area contributed by atoms with Gasteiger partial charge in [-0.05, 0) is 42.9 Å². The van der Waals surface area contributed by atoms with Crippen LogP contribution in [0.1, 0.15) is 46.0 Å². The molecule has 0 aromatic carbocycles. The van der Waals surface area contributed by atoms with E-state index in [-0.39, 0.29) is 30.5 Å². The quantitative estimate of drug-likeness (QED) is 0.510. The van der Waals surface area contributed by atoms with E-state index in [2.05, 4.69) is 13.8 Å². The Morgan fingerprint density at radius 1 is 1.42 bits per heavy atom. The number of epoxide rings is 1. The van der Waals surface area contributed by atoms with E-state index in [9.17, 15) is 20.1 Å². The van der Waals surface area contributed by atoms with E-state index in [1.807, 2.05) is 0 Å². The molecule has 6 nitrogen and oxygen atoms in total. The fourth-order valence-corrected chi connectivity index (χ4v) is 6.34. The van der Waals surface area contributed by atoms with Gasteiger partial charge in [-0.2, -0.15) is 0 Å². The summed E-state index contributed by atoms with van der Waals surface area (Å²) in [7, 11) is 0. The first-order valence-corrected chi connectivity index (χ1v) is 9.77. The van der Waals surface area contributed by atoms with Gasteiger partial charge in [0.2, 0.25) is 0 Å². The molecule has 6 heteroatoms. The zero-order valence-corrected chi connectivity index (χ0v) is 15.6. The Kier molecular flexibility index (Phi) is 4.27. The van der Waals surface area contributed by atoms with Crippen LogP contribution in [-0.4, -0.2) is 58.9 Å². The summed E-state index contributed by atoms with van der Waals surface area (Å²) in [5.74, 6) is -0.156. The average Bonchev–Trinajstić information content (AvgIpc) is 3.23. The predicted octanol–water partition coefficient (Wildman–Crippen LogP) is 1.18. The highest BCUT2D eigenvalue weighted by molar-refractivity contribution is 5.85. The van der Waals surface area contributed by atoms with Crippen molar-refractivity contribution in [2.75, 3.05) is 19.8 Å². The monoisotopic (exact) mass is 366 g/mol. The van der Waals surface area contributed by atoms with Crippen molar-refractivity contribution in [3.63, 3.8) is 0 Å². The van der Waals surface area contributed by atoms with Crippen molar-refractivity contribution in [1.82, 2.24) is 0 Å². The lowest BCUT2D eigenvalue weighted by molar-refractivity contribution is -0.215. The molecule has 0 bridgehead atoms. The van der Waals surface area contributed by atoms with Crippen LogP contribution >= 0.6 is 0 Å². The molecule has 2 aliphatic heterocycles. The van der Waals surface area contributed by atoms with E-state index in [1.165, 1.54) is 6.08 Å². The van der Waals surface area contributed by atoms with E-state index >= 15 is 0 Å². The molecule has 0 aromatic rings. The lowest BCUT2D eigenvalue weighted by Gasteiger charge is -2.62. The van der Waals surface area contributed by atoms with Gasteiger partial charge in [-0.3, -0.25) is 0 Å². The third-order valence-electron chi connectivity index (χ3n) is 8.14. The highest BCUT2D eigenvalue weighted by Gasteiger charge is 2.73. The number of hydrogen-bond donors (Lipinski definition) is 3. The second-order valence-corrected chi connectivity index (χ2v) is 9.13. The lowest BCUT2D eigenvalue weighted by Crippen LogP contribution is -2.66. The van der Waals surface area contributed by atoms with Crippen LogP contribution in [0.15, 0.2) is 11.6 Å². The third-order valence-corrected chi connectivity index (χ3v) is 8.14. The van der Waals surface area contributed by atoms with Crippen molar-refractivity contribution >= 4 is 5.97 Å². The van der Waals surface area contributed by atoms with Gasteiger partial charge in [0.05, 0.1) is 30.8 Å². The van der Waals surface area contributed by atoms with Crippen molar-refractivity contribution in [2.24, 2.45) is 22.7 Å². The Morgan fingerprint density at radius 2 is 2.15 bits per heavy atom. The van der Waals surface area contributed by atoms with Crippen LogP contribution in [0, 0.1) is 22.7 Å². The first-order chi connectivity index (χ1) is 12.3. The molecule has 4 rings (SSSR count). The van der Waals surface area contributed by atoms with Gasteiger partial charge >= 0.3 is 5.97 Å². The fourth-order valence-electron chi connectivity index (χ4n) is 6.34. The van der Waals surface area contributed by atoms with E-state index < -0.39 is 29.2 Å². The summed E-state index contributed by atoms with van der Waals surface area (Å²) in [5, 5.41) is 32.3. The number of fused-ring (bicyclic) bond motifs is 2. The van der Waals surface area contributed by atoms with E-state index in [1.54, 1.807) is 0 Å². The minimum absolute atomic E-state index is 0.0586. The van der Waals surface area contributed by atoms with Crippen LogP contribution in [0.2, 0.25) is 0 Å². The summed E-state index contributed by atoms with van der Waals surface area (Å²) < 4.78 is 10.8. The van der Waals surface area contributed by atoms with Crippen molar-refractivity contribution in [3.05, 3.63) is 11.6 Å². The molecule has 7 atom stereocenters. The maximum atomic E-state index is 11.4.